The smallest absolute Gasteiger partial charge is 0.303 e. The fourth-order valence-corrected chi connectivity index (χ4v) is 2.65. The molecule has 1 saturated heterocycles. The Morgan fingerprint density at radius 1 is 1.21 bits per heavy atom. The van der Waals surface area contributed by atoms with Gasteiger partial charge in [0.05, 0.1) is 5.76 Å². The maximum absolute atomic E-state index is 11.3. The molecule has 0 radical (unpaired) electrons. The molecule has 1 fully saturated rings. The van der Waals surface area contributed by atoms with Gasteiger partial charge in [-0.3, -0.25) is 9.59 Å². The zero-order valence-corrected chi connectivity index (χ0v) is 11.4. The predicted molar refractivity (Wildman–Crippen MR) is 67.1 cm³/mol. The van der Waals surface area contributed by atoms with E-state index >= 15 is 0 Å². The number of rotatable bonds is 2. The van der Waals surface area contributed by atoms with E-state index in [0.29, 0.717) is 12.8 Å². The first-order valence-corrected chi connectivity index (χ1v) is 6.76. The first-order chi connectivity index (χ1) is 9.06. The Morgan fingerprint density at radius 3 is 2.63 bits per heavy atom. The van der Waals surface area contributed by atoms with E-state index in [4.69, 9.17) is 14.2 Å². The molecule has 19 heavy (non-hydrogen) atoms. The summed E-state index contributed by atoms with van der Waals surface area (Å²) in [6.07, 6.45) is 5.04. The van der Waals surface area contributed by atoms with Crippen molar-refractivity contribution in [1.29, 1.82) is 0 Å². The number of ether oxygens (including phenoxy) is 3. The third-order valence-corrected chi connectivity index (χ3v) is 3.40. The highest BCUT2D eigenvalue weighted by molar-refractivity contribution is 5.67. The summed E-state index contributed by atoms with van der Waals surface area (Å²) in [7, 11) is 0. The van der Waals surface area contributed by atoms with Crippen LogP contribution in [-0.2, 0) is 23.8 Å². The van der Waals surface area contributed by atoms with Crippen molar-refractivity contribution in [3.05, 3.63) is 11.8 Å². The van der Waals surface area contributed by atoms with Gasteiger partial charge < -0.3 is 14.2 Å². The van der Waals surface area contributed by atoms with Crippen molar-refractivity contribution in [2.24, 2.45) is 0 Å². The second kappa shape index (κ2) is 6.08. The SMILES string of the molecule is CC(=O)O[C@H]1CCC2=CCCCC(O2)[C@@H]1OC(C)=O. The number of carbonyl (C=O) groups excluding carboxylic acids is 2. The third-order valence-electron chi connectivity index (χ3n) is 3.40. The van der Waals surface area contributed by atoms with Crippen molar-refractivity contribution in [3.63, 3.8) is 0 Å². The zero-order chi connectivity index (χ0) is 13.8. The molecule has 2 aliphatic heterocycles. The molecule has 0 saturated carbocycles. The molecule has 0 aromatic heterocycles. The van der Waals surface area contributed by atoms with Crippen LogP contribution in [0.1, 0.15) is 46.0 Å². The minimum absolute atomic E-state index is 0.218. The maximum Gasteiger partial charge on any atom is 0.303 e. The third kappa shape index (κ3) is 3.72. The molecule has 2 bridgehead atoms. The molecule has 0 aromatic rings. The largest absolute Gasteiger partial charge is 0.491 e. The van der Waals surface area contributed by atoms with Crippen molar-refractivity contribution in [2.75, 3.05) is 0 Å². The van der Waals surface area contributed by atoms with Gasteiger partial charge in [0.2, 0.25) is 0 Å². The molecule has 3 atom stereocenters. The second-order valence-electron chi connectivity index (χ2n) is 5.02. The van der Waals surface area contributed by atoms with E-state index in [1.165, 1.54) is 13.8 Å². The van der Waals surface area contributed by atoms with Crippen LogP contribution in [0.15, 0.2) is 11.8 Å². The van der Waals surface area contributed by atoms with E-state index in [2.05, 4.69) is 6.08 Å². The number of hydrogen-bond acceptors (Lipinski definition) is 5. The Balaban J connectivity index is 2.20. The minimum Gasteiger partial charge on any atom is -0.491 e. The first-order valence-electron chi connectivity index (χ1n) is 6.76. The zero-order valence-electron chi connectivity index (χ0n) is 11.4. The monoisotopic (exact) mass is 268 g/mol. The molecule has 0 spiro atoms. The van der Waals surface area contributed by atoms with Crippen LogP contribution >= 0.6 is 0 Å². The van der Waals surface area contributed by atoms with E-state index in [1.54, 1.807) is 0 Å². The summed E-state index contributed by atoms with van der Waals surface area (Å²) in [5.74, 6) is 0.196. The highest BCUT2D eigenvalue weighted by Crippen LogP contribution is 2.31. The topological polar surface area (TPSA) is 61.8 Å². The van der Waals surface area contributed by atoms with Crippen LogP contribution in [0.5, 0.6) is 0 Å². The summed E-state index contributed by atoms with van der Waals surface area (Å²) in [6.45, 7) is 2.73. The van der Waals surface area contributed by atoms with Crippen molar-refractivity contribution in [1.82, 2.24) is 0 Å². The standard InChI is InChI=1S/C14H20O5/c1-9(15)17-13-8-7-11-5-3-4-6-12(19-11)14(13)18-10(2)16/h5,12-14H,3-4,6-8H2,1-2H3/t12?,13-,14-/m0/s1. The molecule has 0 aromatic carbocycles. The molecule has 0 N–H and O–H groups in total. The molecule has 2 rings (SSSR count). The van der Waals surface area contributed by atoms with E-state index in [0.717, 1.165) is 25.0 Å². The van der Waals surface area contributed by atoms with E-state index in [9.17, 15) is 9.59 Å². The Bertz CT molecular complexity index is 387. The fraction of sp³-hybridized carbons (Fsp3) is 0.714. The molecule has 5 nitrogen and oxygen atoms in total. The van der Waals surface area contributed by atoms with Gasteiger partial charge in [-0.05, 0) is 31.8 Å². The summed E-state index contributed by atoms with van der Waals surface area (Å²) in [4.78, 5) is 22.5. The highest BCUT2D eigenvalue weighted by Gasteiger charge is 2.39. The normalized spacial score (nSPS) is 30.2. The summed E-state index contributed by atoms with van der Waals surface area (Å²) >= 11 is 0. The number of allylic oxidation sites excluding steroid dienone is 2. The first kappa shape index (κ1) is 13.9. The molecular weight excluding hydrogens is 248 g/mol. The molecule has 0 amide bonds. The highest BCUT2D eigenvalue weighted by atomic mass is 16.6. The summed E-state index contributed by atoms with van der Waals surface area (Å²) in [5.41, 5.74) is 0. The van der Waals surface area contributed by atoms with Crippen molar-refractivity contribution < 1.29 is 23.8 Å². The van der Waals surface area contributed by atoms with Gasteiger partial charge in [-0.25, -0.2) is 0 Å². The predicted octanol–water partition coefficient (Wildman–Crippen LogP) is 2.10. The van der Waals surface area contributed by atoms with Gasteiger partial charge in [0.15, 0.2) is 6.10 Å². The van der Waals surface area contributed by atoms with Crippen LogP contribution in [0.3, 0.4) is 0 Å². The minimum atomic E-state index is -0.509. The van der Waals surface area contributed by atoms with E-state index in [-0.39, 0.29) is 18.0 Å². The van der Waals surface area contributed by atoms with Crippen LogP contribution in [0.25, 0.3) is 0 Å². The van der Waals surface area contributed by atoms with Crippen molar-refractivity contribution >= 4 is 11.9 Å². The number of carbonyl (C=O) groups is 2. The molecule has 0 aliphatic carbocycles. The van der Waals surface area contributed by atoms with Gasteiger partial charge in [-0.1, -0.05) is 0 Å². The van der Waals surface area contributed by atoms with Gasteiger partial charge in [0.1, 0.15) is 12.2 Å². The molecule has 2 aliphatic rings. The average Bonchev–Trinajstić information content (AvgIpc) is 2.63. The van der Waals surface area contributed by atoms with Gasteiger partial charge in [0.25, 0.3) is 0 Å². The average molecular weight is 268 g/mol. The van der Waals surface area contributed by atoms with Crippen LogP contribution in [0.4, 0.5) is 0 Å². The fourth-order valence-electron chi connectivity index (χ4n) is 2.65. The summed E-state index contributed by atoms with van der Waals surface area (Å²) in [5, 5.41) is 0. The van der Waals surface area contributed by atoms with Gasteiger partial charge >= 0.3 is 11.9 Å². The lowest BCUT2D eigenvalue weighted by atomic mass is 9.99. The van der Waals surface area contributed by atoms with Crippen molar-refractivity contribution in [2.45, 2.75) is 64.3 Å². The number of esters is 2. The van der Waals surface area contributed by atoms with Crippen LogP contribution in [0, 0.1) is 0 Å². The van der Waals surface area contributed by atoms with Crippen LogP contribution in [0.2, 0.25) is 0 Å². The summed E-state index contributed by atoms with van der Waals surface area (Å²) in [6, 6.07) is 0. The van der Waals surface area contributed by atoms with E-state index in [1.807, 2.05) is 0 Å². The van der Waals surface area contributed by atoms with Gasteiger partial charge in [-0.15, -0.1) is 0 Å². The van der Waals surface area contributed by atoms with Crippen LogP contribution < -0.4 is 0 Å². The molecule has 106 valence electrons. The van der Waals surface area contributed by atoms with Gasteiger partial charge in [-0.2, -0.15) is 0 Å². The van der Waals surface area contributed by atoms with Gasteiger partial charge in [0, 0.05) is 20.3 Å². The molecule has 1 unspecified atom stereocenters. The number of fused-ring (bicyclic) bond motifs is 2. The Morgan fingerprint density at radius 2 is 1.95 bits per heavy atom. The second-order valence-corrected chi connectivity index (χ2v) is 5.02. The molecule has 2 heterocycles. The van der Waals surface area contributed by atoms with Crippen LogP contribution in [-0.4, -0.2) is 30.3 Å². The van der Waals surface area contributed by atoms with E-state index < -0.39 is 12.2 Å². The Kier molecular flexibility index (Phi) is 4.45. The number of hydrogen-bond donors (Lipinski definition) is 0. The van der Waals surface area contributed by atoms with Crippen molar-refractivity contribution in [3.8, 4) is 0 Å². The lowest BCUT2D eigenvalue weighted by molar-refractivity contribution is -0.174. The Hall–Kier alpha value is -1.52. The Labute approximate surface area is 112 Å². The quantitative estimate of drug-likeness (QED) is 0.718. The molecule has 5 heteroatoms. The maximum atomic E-state index is 11.3. The lowest BCUT2D eigenvalue weighted by Gasteiger charge is -2.29. The molecular formula is C14H20O5. The lowest BCUT2D eigenvalue weighted by Crippen LogP contribution is -2.42. The summed E-state index contributed by atoms with van der Waals surface area (Å²) < 4.78 is 16.6.